The van der Waals surface area contributed by atoms with Gasteiger partial charge < -0.3 is 15.1 Å². The molecule has 0 saturated heterocycles. The Morgan fingerprint density at radius 2 is 2.33 bits per heavy atom. The molecule has 2 amide bonds. The second kappa shape index (κ2) is 5.46. The Hall–Kier alpha value is -2.15. The van der Waals surface area contributed by atoms with Gasteiger partial charge in [0.05, 0.1) is 11.8 Å². The standard InChI is InChI=1S/C11H11N3O3S/c1-7(9(15)14-11-12-3-5-18-11)13-10(16)8-2-4-17-6-8/h2-7H,1H3,(H,13,16)(H,12,14,15)/t7-/m0/s1. The maximum atomic E-state index is 11.7. The second-order valence-corrected chi connectivity index (χ2v) is 4.43. The van der Waals surface area contributed by atoms with Gasteiger partial charge in [-0.15, -0.1) is 11.3 Å². The van der Waals surface area contributed by atoms with Crippen LogP contribution in [0.5, 0.6) is 0 Å². The lowest BCUT2D eigenvalue weighted by molar-refractivity contribution is -0.117. The first-order valence-electron chi connectivity index (χ1n) is 5.20. The molecule has 18 heavy (non-hydrogen) atoms. The molecule has 2 aromatic rings. The van der Waals surface area contributed by atoms with Crippen molar-refractivity contribution in [3.63, 3.8) is 0 Å². The summed E-state index contributed by atoms with van der Waals surface area (Å²) in [4.78, 5) is 27.3. The van der Waals surface area contributed by atoms with Crippen molar-refractivity contribution in [2.45, 2.75) is 13.0 Å². The van der Waals surface area contributed by atoms with Crippen LogP contribution < -0.4 is 10.6 Å². The monoisotopic (exact) mass is 265 g/mol. The molecule has 0 spiro atoms. The maximum absolute atomic E-state index is 11.7. The van der Waals surface area contributed by atoms with Gasteiger partial charge in [-0.05, 0) is 13.0 Å². The molecule has 0 aliphatic carbocycles. The summed E-state index contributed by atoms with van der Waals surface area (Å²) in [6.45, 7) is 1.60. The number of aromatic nitrogens is 1. The minimum Gasteiger partial charge on any atom is -0.472 e. The fraction of sp³-hybridized carbons (Fsp3) is 0.182. The number of amides is 2. The highest BCUT2D eigenvalue weighted by atomic mass is 32.1. The van der Waals surface area contributed by atoms with E-state index in [2.05, 4.69) is 15.6 Å². The smallest absolute Gasteiger partial charge is 0.255 e. The highest BCUT2D eigenvalue weighted by molar-refractivity contribution is 7.13. The summed E-state index contributed by atoms with van der Waals surface area (Å²) >= 11 is 1.31. The summed E-state index contributed by atoms with van der Waals surface area (Å²) in [6, 6.07) is 0.872. The average Bonchev–Trinajstić information content (AvgIpc) is 3.01. The van der Waals surface area contributed by atoms with Gasteiger partial charge in [0.1, 0.15) is 12.3 Å². The molecule has 6 nitrogen and oxygen atoms in total. The molecule has 0 saturated carbocycles. The molecule has 0 unspecified atom stereocenters. The van der Waals surface area contributed by atoms with E-state index in [0.717, 1.165) is 0 Å². The van der Waals surface area contributed by atoms with Crippen molar-refractivity contribution in [3.8, 4) is 0 Å². The molecule has 1 atom stereocenters. The number of hydrogen-bond acceptors (Lipinski definition) is 5. The highest BCUT2D eigenvalue weighted by Crippen LogP contribution is 2.10. The molecule has 2 N–H and O–H groups in total. The number of thiazole rings is 1. The van der Waals surface area contributed by atoms with Crippen LogP contribution in [0.1, 0.15) is 17.3 Å². The lowest BCUT2D eigenvalue weighted by Crippen LogP contribution is -2.41. The van der Waals surface area contributed by atoms with Crippen LogP contribution >= 0.6 is 11.3 Å². The van der Waals surface area contributed by atoms with Gasteiger partial charge in [0.25, 0.3) is 5.91 Å². The summed E-state index contributed by atoms with van der Waals surface area (Å²) in [6.07, 6.45) is 4.31. The van der Waals surface area contributed by atoms with Crippen molar-refractivity contribution in [2.24, 2.45) is 0 Å². The van der Waals surface area contributed by atoms with Crippen molar-refractivity contribution in [1.29, 1.82) is 0 Å². The van der Waals surface area contributed by atoms with Crippen molar-refractivity contribution in [2.75, 3.05) is 5.32 Å². The lowest BCUT2D eigenvalue weighted by atomic mass is 10.2. The summed E-state index contributed by atoms with van der Waals surface area (Å²) in [5, 5.41) is 7.42. The third-order valence-electron chi connectivity index (χ3n) is 2.19. The van der Waals surface area contributed by atoms with E-state index in [1.165, 1.54) is 29.9 Å². The van der Waals surface area contributed by atoms with Crippen LogP contribution in [0.2, 0.25) is 0 Å². The average molecular weight is 265 g/mol. The van der Waals surface area contributed by atoms with Crippen molar-refractivity contribution in [3.05, 3.63) is 35.7 Å². The Morgan fingerprint density at radius 3 is 2.94 bits per heavy atom. The number of furan rings is 1. The molecule has 0 aliphatic rings. The van der Waals surface area contributed by atoms with E-state index in [0.29, 0.717) is 10.7 Å². The molecule has 2 aromatic heterocycles. The van der Waals surface area contributed by atoms with Crippen LogP contribution in [-0.2, 0) is 4.79 Å². The molecular formula is C11H11N3O3S. The quantitative estimate of drug-likeness (QED) is 0.877. The van der Waals surface area contributed by atoms with Gasteiger partial charge in [0.15, 0.2) is 5.13 Å². The van der Waals surface area contributed by atoms with Gasteiger partial charge in [-0.2, -0.15) is 0 Å². The predicted molar refractivity (Wildman–Crippen MR) is 66.4 cm³/mol. The first kappa shape index (κ1) is 12.3. The molecule has 0 aliphatic heterocycles. The van der Waals surface area contributed by atoms with Crippen LogP contribution in [0.3, 0.4) is 0 Å². The zero-order valence-corrected chi connectivity index (χ0v) is 10.4. The highest BCUT2D eigenvalue weighted by Gasteiger charge is 2.17. The number of nitrogens with zero attached hydrogens (tertiary/aromatic N) is 1. The van der Waals surface area contributed by atoms with Crippen LogP contribution in [0, 0.1) is 0 Å². The summed E-state index contributed by atoms with van der Waals surface area (Å²) in [5.41, 5.74) is 0.379. The van der Waals surface area contributed by atoms with Crippen molar-refractivity contribution in [1.82, 2.24) is 10.3 Å². The number of rotatable bonds is 4. The van der Waals surface area contributed by atoms with Gasteiger partial charge in [0, 0.05) is 11.6 Å². The summed E-state index contributed by atoms with van der Waals surface area (Å²) in [7, 11) is 0. The largest absolute Gasteiger partial charge is 0.472 e. The lowest BCUT2D eigenvalue weighted by Gasteiger charge is -2.11. The van der Waals surface area contributed by atoms with Crippen LogP contribution in [0.15, 0.2) is 34.6 Å². The first-order valence-corrected chi connectivity index (χ1v) is 6.08. The molecule has 2 rings (SSSR count). The minimum absolute atomic E-state index is 0.318. The van der Waals surface area contributed by atoms with Crippen molar-refractivity contribution >= 4 is 28.3 Å². The van der Waals surface area contributed by atoms with E-state index < -0.39 is 6.04 Å². The predicted octanol–water partition coefficient (Wildman–Crippen LogP) is 1.49. The molecular weight excluding hydrogens is 254 g/mol. The van der Waals surface area contributed by atoms with Crippen LogP contribution in [-0.4, -0.2) is 22.8 Å². The molecule has 0 aromatic carbocycles. The topological polar surface area (TPSA) is 84.2 Å². The fourth-order valence-corrected chi connectivity index (χ4v) is 1.77. The Labute approximate surface area is 107 Å². The second-order valence-electron chi connectivity index (χ2n) is 3.53. The molecule has 2 heterocycles. The van der Waals surface area contributed by atoms with Crippen LogP contribution in [0.25, 0.3) is 0 Å². The number of carbonyl (C=O) groups excluding carboxylic acids is 2. The Morgan fingerprint density at radius 1 is 1.50 bits per heavy atom. The van der Waals surface area contributed by atoms with Crippen LogP contribution in [0.4, 0.5) is 5.13 Å². The Kier molecular flexibility index (Phi) is 3.73. The molecule has 0 bridgehead atoms. The zero-order valence-electron chi connectivity index (χ0n) is 9.54. The molecule has 7 heteroatoms. The van der Waals surface area contributed by atoms with E-state index in [4.69, 9.17) is 4.42 Å². The maximum Gasteiger partial charge on any atom is 0.255 e. The van der Waals surface area contributed by atoms with Gasteiger partial charge >= 0.3 is 0 Å². The molecule has 0 radical (unpaired) electrons. The van der Waals surface area contributed by atoms with E-state index in [1.54, 1.807) is 18.5 Å². The van der Waals surface area contributed by atoms with E-state index in [1.807, 2.05) is 0 Å². The Bertz CT molecular complexity index is 522. The fourth-order valence-electron chi connectivity index (χ4n) is 1.24. The van der Waals surface area contributed by atoms with E-state index in [9.17, 15) is 9.59 Å². The van der Waals surface area contributed by atoms with E-state index >= 15 is 0 Å². The zero-order chi connectivity index (χ0) is 13.0. The van der Waals surface area contributed by atoms with Crippen molar-refractivity contribution < 1.29 is 14.0 Å². The summed E-state index contributed by atoms with van der Waals surface area (Å²) < 4.78 is 4.79. The number of carbonyl (C=O) groups is 2. The number of hydrogen-bond donors (Lipinski definition) is 2. The normalized spacial score (nSPS) is 11.8. The SMILES string of the molecule is C[C@H](NC(=O)c1ccoc1)C(=O)Nc1nccs1. The number of anilines is 1. The molecule has 0 fully saturated rings. The minimum atomic E-state index is -0.656. The van der Waals surface area contributed by atoms with Gasteiger partial charge in [-0.1, -0.05) is 0 Å². The third-order valence-corrected chi connectivity index (χ3v) is 2.88. The summed E-state index contributed by atoms with van der Waals surface area (Å²) in [5.74, 6) is -0.674. The first-order chi connectivity index (χ1) is 8.66. The third kappa shape index (κ3) is 2.95. The number of nitrogens with one attached hydrogen (secondary N) is 2. The Balaban J connectivity index is 1.89. The van der Waals surface area contributed by atoms with E-state index in [-0.39, 0.29) is 11.8 Å². The van der Waals surface area contributed by atoms with Gasteiger partial charge in [-0.3, -0.25) is 9.59 Å². The molecule has 94 valence electrons. The van der Waals surface area contributed by atoms with Gasteiger partial charge in [0.2, 0.25) is 5.91 Å². The van der Waals surface area contributed by atoms with Gasteiger partial charge in [-0.25, -0.2) is 4.98 Å².